The first-order valence-corrected chi connectivity index (χ1v) is 6.72. The number of carbonyl (C=O) groups excluding carboxylic acids is 2. The van der Waals surface area contributed by atoms with Crippen LogP contribution >= 0.6 is 0 Å². The number of rotatable bonds is 1. The number of hydrogen-bond donors (Lipinski definition) is 1. The summed E-state index contributed by atoms with van der Waals surface area (Å²) in [6, 6.07) is 0. The molecule has 0 aliphatic heterocycles. The van der Waals surface area contributed by atoms with Gasteiger partial charge in [0.25, 0.3) is 0 Å². The van der Waals surface area contributed by atoms with E-state index in [0.717, 1.165) is 5.57 Å². The first kappa shape index (κ1) is 15.1. The molecule has 3 heteroatoms. The predicted molar refractivity (Wildman–Crippen MR) is 71.1 cm³/mol. The summed E-state index contributed by atoms with van der Waals surface area (Å²) in [5.74, 6) is 0.0306. The fourth-order valence-corrected chi connectivity index (χ4v) is 2.49. The largest absolute Gasteiger partial charge is 0.389 e. The summed E-state index contributed by atoms with van der Waals surface area (Å²) in [5, 5.41) is 9.81. The minimum absolute atomic E-state index is 0.0917. The molecule has 0 aromatic carbocycles. The smallest absolute Gasteiger partial charge is 0.140 e. The average molecular weight is 252 g/mol. The molecule has 3 atom stereocenters. The molecule has 0 aromatic rings. The first-order valence-electron chi connectivity index (χ1n) is 6.72. The molecule has 1 aliphatic carbocycles. The zero-order valence-corrected chi connectivity index (χ0v) is 11.8. The van der Waals surface area contributed by atoms with Gasteiger partial charge in [0.1, 0.15) is 11.6 Å². The van der Waals surface area contributed by atoms with Gasteiger partial charge in [-0.2, -0.15) is 0 Å². The lowest BCUT2D eigenvalue weighted by atomic mass is 9.80. The third-order valence-corrected chi connectivity index (χ3v) is 3.71. The summed E-state index contributed by atoms with van der Waals surface area (Å²) in [5.41, 5.74) is 0.902. The number of carbonyl (C=O) groups is 2. The fraction of sp³-hybridized carbons (Fsp3) is 0.733. The van der Waals surface area contributed by atoms with Gasteiger partial charge < -0.3 is 5.11 Å². The Balaban J connectivity index is 2.98. The Bertz CT molecular complexity index is 355. The van der Waals surface area contributed by atoms with E-state index in [1.165, 1.54) is 0 Å². The van der Waals surface area contributed by atoms with Crippen molar-refractivity contribution in [2.24, 2.45) is 17.8 Å². The summed E-state index contributed by atoms with van der Waals surface area (Å²) < 4.78 is 0. The molecule has 1 rings (SSSR count). The van der Waals surface area contributed by atoms with Gasteiger partial charge in [-0.15, -0.1) is 0 Å². The van der Waals surface area contributed by atoms with Gasteiger partial charge >= 0.3 is 0 Å². The molecule has 3 nitrogen and oxygen atoms in total. The van der Waals surface area contributed by atoms with Crippen molar-refractivity contribution >= 4 is 11.6 Å². The molecule has 0 bridgehead atoms. The number of hydrogen-bond acceptors (Lipinski definition) is 3. The van der Waals surface area contributed by atoms with Gasteiger partial charge in [-0.3, -0.25) is 9.59 Å². The van der Waals surface area contributed by atoms with Crippen molar-refractivity contribution < 1.29 is 14.7 Å². The van der Waals surface area contributed by atoms with E-state index in [9.17, 15) is 14.7 Å². The minimum Gasteiger partial charge on any atom is -0.389 e. The van der Waals surface area contributed by atoms with E-state index in [1.807, 2.05) is 27.7 Å². The van der Waals surface area contributed by atoms with E-state index in [1.54, 1.807) is 6.08 Å². The molecule has 0 saturated heterocycles. The molecule has 102 valence electrons. The lowest BCUT2D eigenvalue weighted by Crippen LogP contribution is -2.28. The van der Waals surface area contributed by atoms with E-state index >= 15 is 0 Å². The van der Waals surface area contributed by atoms with E-state index in [2.05, 4.69) is 0 Å². The maximum absolute atomic E-state index is 12.2. The molecule has 0 unspecified atom stereocenters. The molecule has 0 fully saturated rings. The summed E-state index contributed by atoms with van der Waals surface area (Å²) in [4.78, 5) is 24.2. The summed E-state index contributed by atoms with van der Waals surface area (Å²) in [6.45, 7) is 7.67. The molecule has 0 heterocycles. The standard InChI is InChI=1S/C15H24O3/c1-9(2)13-8-14(17)11(4)7-12(16)5-10(3)6-15(13)18/h5,9,11-13,16H,6-8H2,1-4H3/b10-5+/t11-,12-,13-/m0/s1. The van der Waals surface area contributed by atoms with Gasteiger partial charge in [0.2, 0.25) is 0 Å². The first-order chi connectivity index (χ1) is 8.31. The highest BCUT2D eigenvalue weighted by atomic mass is 16.3. The van der Waals surface area contributed by atoms with Crippen LogP contribution in [-0.2, 0) is 9.59 Å². The van der Waals surface area contributed by atoms with Gasteiger partial charge in [0, 0.05) is 24.7 Å². The van der Waals surface area contributed by atoms with Crippen molar-refractivity contribution in [1.82, 2.24) is 0 Å². The van der Waals surface area contributed by atoms with Crippen LogP contribution in [0.5, 0.6) is 0 Å². The second-order valence-corrected chi connectivity index (χ2v) is 5.88. The number of aliphatic hydroxyl groups is 1. The van der Waals surface area contributed by atoms with Crippen molar-refractivity contribution in [3.63, 3.8) is 0 Å². The van der Waals surface area contributed by atoms with Crippen LogP contribution in [0.1, 0.15) is 47.0 Å². The Labute approximate surface area is 109 Å². The maximum atomic E-state index is 12.2. The predicted octanol–water partition coefficient (Wildman–Crippen LogP) is 2.52. The van der Waals surface area contributed by atoms with Crippen LogP contribution in [0.25, 0.3) is 0 Å². The fourth-order valence-electron chi connectivity index (χ4n) is 2.49. The van der Waals surface area contributed by atoms with Gasteiger partial charge in [0.05, 0.1) is 6.10 Å². The normalized spacial score (nSPS) is 34.3. The molecular weight excluding hydrogens is 228 g/mol. The van der Waals surface area contributed by atoms with Crippen LogP contribution in [0.15, 0.2) is 11.6 Å². The quantitative estimate of drug-likeness (QED) is 0.730. The van der Waals surface area contributed by atoms with E-state index < -0.39 is 6.10 Å². The van der Waals surface area contributed by atoms with Crippen LogP contribution in [0, 0.1) is 17.8 Å². The highest BCUT2D eigenvalue weighted by Gasteiger charge is 2.28. The summed E-state index contributed by atoms with van der Waals surface area (Å²) in [7, 11) is 0. The Morgan fingerprint density at radius 3 is 2.44 bits per heavy atom. The average Bonchev–Trinajstić information content (AvgIpc) is 2.22. The number of Topliss-reactive ketones (excluding diaryl/α,β-unsaturated/α-hetero) is 2. The van der Waals surface area contributed by atoms with Crippen LogP contribution < -0.4 is 0 Å². The molecule has 1 N–H and O–H groups in total. The van der Waals surface area contributed by atoms with Gasteiger partial charge in [0.15, 0.2) is 0 Å². The van der Waals surface area contributed by atoms with E-state index in [-0.39, 0.29) is 29.3 Å². The number of allylic oxidation sites excluding steroid dienone is 1. The molecule has 0 aromatic heterocycles. The highest BCUT2D eigenvalue weighted by molar-refractivity contribution is 5.90. The Morgan fingerprint density at radius 2 is 1.89 bits per heavy atom. The van der Waals surface area contributed by atoms with Crippen molar-refractivity contribution in [2.45, 2.75) is 53.1 Å². The van der Waals surface area contributed by atoms with Crippen LogP contribution in [0.2, 0.25) is 0 Å². The van der Waals surface area contributed by atoms with Crippen molar-refractivity contribution in [2.75, 3.05) is 0 Å². The maximum Gasteiger partial charge on any atom is 0.140 e. The molecule has 18 heavy (non-hydrogen) atoms. The molecule has 0 saturated carbocycles. The Morgan fingerprint density at radius 1 is 1.28 bits per heavy atom. The monoisotopic (exact) mass is 252 g/mol. The van der Waals surface area contributed by atoms with Crippen LogP contribution in [0.3, 0.4) is 0 Å². The van der Waals surface area contributed by atoms with Gasteiger partial charge in [-0.25, -0.2) is 0 Å². The van der Waals surface area contributed by atoms with Gasteiger partial charge in [-0.05, 0) is 19.3 Å². The Kier molecular flexibility index (Phi) is 5.27. The third kappa shape index (κ3) is 4.05. The number of aliphatic hydroxyl groups excluding tert-OH is 1. The van der Waals surface area contributed by atoms with E-state index in [0.29, 0.717) is 19.3 Å². The zero-order chi connectivity index (χ0) is 13.9. The molecule has 1 aliphatic rings. The van der Waals surface area contributed by atoms with Crippen LogP contribution in [-0.4, -0.2) is 22.8 Å². The minimum atomic E-state index is -0.618. The lowest BCUT2D eigenvalue weighted by Gasteiger charge is -2.23. The highest BCUT2D eigenvalue weighted by Crippen LogP contribution is 2.25. The molecule has 0 spiro atoms. The number of ketones is 2. The van der Waals surface area contributed by atoms with Crippen LogP contribution in [0.4, 0.5) is 0 Å². The van der Waals surface area contributed by atoms with Crippen molar-refractivity contribution in [3.05, 3.63) is 11.6 Å². The zero-order valence-electron chi connectivity index (χ0n) is 11.8. The summed E-state index contributed by atoms with van der Waals surface area (Å²) >= 11 is 0. The van der Waals surface area contributed by atoms with Crippen molar-refractivity contribution in [1.29, 1.82) is 0 Å². The lowest BCUT2D eigenvalue weighted by molar-refractivity contribution is -0.131. The second kappa shape index (κ2) is 6.28. The molecular formula is C15H24O3. The van der Waals surface area contributed by atoms with Crippen molar-refractivity contribution in [3.8, 4) is 0 Å². The molecule has 0 amide bonds. The topological polar surface area (TPSA) is 54.4 Å². The third-order valence-electron chi connectivity index (χ3n) is 3.71. The van der Waals surface area contributed by atoms with Gasteiger partial charge in [-0.1, -0.05) is 32.4 Å². The molecule has 0 radical (unpaired) electrons. The second-order valence-electron chi connectivity index (χ2n) is 5.88. The summed E-state index contributed by atoms with van der Waals surface area (Å²) in [6.07, 6.45) is 2.21. The SMILES string of the molecule is C/C1=C\[C@H](O)C[C@H](C)C(=O)C[C@@H](C(C)C)C(=O)C1. The van der Waals surface area contributed by atoms with E-state index in [4.69, 9.17) is 0 Å². The Hall–Kier alpha value is -0.960.